The number of hydrogen-bond acceptors (Lipinski definition) is 2. The van der Waals surface area contributed by atoms with Gasteiger partial charge in [0.15, 0.2) is 0 Å². The highest BCUT2D eigenvalue weighted by atomic mass is 16.2. The lowest BCUT2D eigenvalue weighted by Gasteiger charge is -2.27. The maximum absolute atomic E-state index is 12.5. The van der Waals surface area contributed by atoms with Crippen molar-refractivity contribution in [1.29, 1.82) is 0 Å². The molecule has 0 radical (unpaired) electrons. The lowest BCUT2D eigenvalue weighted by atomic mass is 10.0. The van der Waals surface area contributed by atoms with E-state index in [-0.39, 0.29) is 5.91 Å². The van der Waals surface area contributed by atoms with Crippen LogP contribution in [0.4, 0.5) is 0 Å². The minimum absolute atomic E-state index is 0.190. The van der Waals surface area contributed by atoms with Crippen LogP contribution in [0.3, 0.4) is 0 Å². The number of carbonyl (C=O) groups excluding carboxylic acids is 1. The molecule has 20 heavy (non-hydrogen) atoms. The average Bonchev–Trinajstić information content (AvgIpc) is 3.06. The summed E-state index contributed by atoms with van der Waals surface area (Å²) in [6, 6.07) is 8.41. The molecule has 4 heteroatoms. The van der Waals surface area contributed by atoms with E-state index >= 15 is 0 Å². The molecule has 0 aliphatic carbocycles. The van der Waals surface area contributed by atoms with Gasteiger partial charge in [-0.05, 0) is 24.8 Å². The van der Waals surface area contributed by atoms with E-state index in [1.807, 2.05) is 40.0 Å². The third-order valence-electron chi connectivity index (χ3n) is 4.23. The molecule has 2 heterocycles. The van der Waals surface area contributed by atoms with Crippen molar-refractivity contribution in [3.8, 4) is 0 Å². The fraction of sp³-hybridized carbons (Fsp3) is 0.500. The Bertz CT molecular complexity index is 617. The van der Waals surface area contributed by atoms with E-state index < -0.39 is 0 Å². The summed E-state index contributed by atoms with van der Waals surface area (Å²) in [6.45, 7) is 5.62. The van der Waals surface area contributed by atoms with E-state index in [4.69, 9.17) is 0 Å². The number of carbonyl (C=O) groups is 1. The predicted octanol–water partition coefficient (Wildman–Crippen LogP) is 2.68. The van der Waals surface area contributed by atoms with Gasteiger partial charge in [0.1, 0.15) is 6.54 Å². The Morgan fingerprint density at radius 1 is 1.40 bits per heavy atom. The Balaban J connectivity index is 1.79. The van der Waals surface area contributed by atoms with Crippen molar-refractivity contribution < 1.29 is 4.79 Å². The molecule has 2 aromatic rings. The van der Waals surface area contributed by atoms with Crippen LogP contribution in [-0.2, 0) is 11.3 Å². The molecule has 1 atom stereocenters. The molecular weight excluding hydrogens is 250 g/mol. The normalized spacial score (nSPS) is 19.1. The van der Waals surface area contributed by atoms with Gasteiger partial charge in [-0.3, -0.25) is 9.48 Å². The smallest absolute Gasteiger partial charge is 0.244 e. The van der Waals surface area contributed by atoms with Crippen LogP contribution >= 0.6 is 0 Å². The highest BCUT2D eigenvalue weighted by Crippen LogP contribution is 2.24. The van der Waals surface area contributed by atoms with Gasteiger partial charge in [0.2, 0.25) is 5.91 Å². The first kappa shape index (κ1) is 13.2. The van der Waals surface area contributed by atoms with Gasteiger partial charge in [0, 0.05) is 18.0 Å². The summed E-state index contributed by atoms with van der Waals surface area (Å²) in [5, 5.41) is 5.43. The summed E-state index contributed by atoms with van der Waals surface area (Å²) in [4.78, 5) is 14.6. The summed E-state index contributed by atoms with van der Waals surface area (Å²) in [6.07, 6.45) is 4.07. The number of amides is 1. The zero-order chi connectivity index (χ0) is 14.1. The van der Waals surface area contributed by atoms with Crippen molar-refractivity contribution in [2.24, 2.45) is 5.92 Å². The molecule has 0 spiro atoms. The van der Waals surface area contributed by atoms with Gasteiger partial charge in [0.05, 0.1) is 11.7 Å². The van der Waals surface area contributed by atoms with Crippen LogP contribution in [0.15, 0.2) is 30.5 Å². The summed E-state index contributed by atoms with van der Waals surface area (Å²) in [5.74, 6) is 0.714. The second kappa shape index (κ2) is 5.27. The number of fused-ring (bicyclic) bond motifs is 1. The number of hydrogen-bond donors (Lipinski definition) is 0. The number of rotatable bonds is 3. The maximum atomic E-state index is 12.5. The fourth-order valence-corrected chi connectivity index (χ4v) is 3.17. The third-order valence-corrected chi connectivity index (χ3v) is 4.23. The number of likely N-dealkylation sites (tertiary alicyclic amines) is 1. The molecule has 1 aliphatic heterocycles. The molecule has 1 aliphatic rings. The van der Waals surface area contributed by atoms with Crippen molar-refractivity contribution in [3.05, 3.63) is 30.5 Å². The molecular formula is C16H21N3O. The number of para-hydroxylation sites is 1. The van der Waals surface area contributed by atoms with Gasteiger partial charge in [-0.2, -0.15) is 5.10 Å². The largest absolute Gasteiger partial charge is 0.338 e. The van der Waals surface area contributed by atoms with Crippen molar-refractivity contribution >= 4 is 16.8 Å². The van der Waals surface area contributed by atoms with Crippen LogP contribution in [0.2, 0.25) is 0 Å². The topological polar surface area (TPSA) is 38.1 Å². The van der Waals surface area contributed by atoms with Crippen LogP contribution in [0, 0.1) is 5.92 Å². The molecule has 1 amide bonds. The molecule has 1 fully saturated rings. The van der Waals surface area contributed by atoms with Gasteiger partial charge in [0.25, 0.3) is 0 Å². The van der Waals surface area contributed by atoms with Gasteiger partial charge in [-0.1, -0.05) is 32.0 Å². The molecule has 1 aromatic carbocycles. The first-order chi connectivity index (χ1) is 9.66. The SMILES string of the molecule is CC(C)C1CCCN1C(=O)Cn1ncc2ccccc21. The zero-order valence-corrected chi connectivity index (χ0v) is 12.1. The molecule has 3 rings (SSSR count). The minimum atomic E-state index is 0.190. The summed E-state index contributed by atoms with van der Waals surface area (Å²) in [7, 11) is 0. The van der Waals surface area contributed by atoms with Crippen LogP contribution < -0.4 is 0 Å². The third kappa shape index (κ3) is 2.30. The van der Waals surface area contributed by atoms with Gasteiger partial charge < -0.3 is 4.90 Å². The molecule has 106 valence electrons. The molecule has 0 N–H and O–H groups in total. The lowest BCUT2D eigenvalue weighted by Crippen LogP contribution is -2.40. The van der Waals surface area contributed by atoms with E-state index in [0.717, 1.165) is 30.3 Å². The lowest BCUT2D eigenvalue weighted by molar-refractivity contribution is -0.133. The zero-order valence-electron chi connectivity index (χ0n) is 12.1. The van der Waals surface area contributed by atoms with Crippen molar-refractivity contribution in [2.75, 3.05) is 6.54 Å². The summed E-state index contributed by atoms with van der Waals surface area (Å²) >= 11 is 0. The van der Waals surface area contributed by atoms with E-state index in [1.54, 1.807) is 0 Å². The van der Waals surface area contributed by atoms with Crippen LogP contribution in [-0.4, -0.2) is 33.2 Å². The molecule has 1 saturated heterocycles. The monoisotopic (exact) mass is 271 g/mol. The standard InChI is InChI=1S/C16H21N3O/c1-12(2)14-8-5-9-18(14)16(20)11-19-15-7-4-3-6-13(15)10-17-19/h3-4,6-7,10,12,14H,5,8-9,11H2,1-2H3. The Hall–Kier alpha value is -1.84. The Labute approximate surface area is 119 Å². The Morgan fingerprint density at radius 2 is 2.20 bits per heavy atom. The quantitative estimate of drug-likeness (QED) is 0.861. The summed E-state index contributed by atoms with van der Waals surface area (Å²) in [5.41, 5.74) is 1.03. The van der Waals surface area contributed by atoms with Gasteiger partial charge >= 0.3 is 0 Å². The van der Waals surface area contributed by atoms with Crippen molar-refractivity contribution in [2.45, 2.75) is 39.3 Å². The van der Waals surface area contributed by atoms with Gasteiger partial charge in [-0.15, -0.1) is 0 Å². The Morgan fingerprint density at radius 3 is 3.00 bits per heavy atom. The number of nitrogens with zero attached hydrogens (tertiary/aromatic N) is 3. The number of aromatic nitrogens is 2. The minimum Gasteiger partial charge on any atom is -0.338 e. The van der Waals surface area contributed by atoms with Crippen molar-refractivity contribution in [1.82, 2.24) is 14.7 Å². The van der Waals surface area contributed by atoms with Crippen LogP contribution in [0.25, 0.3) is 10.9 Å². The highest BCUT2D eigenvalue weighted by molar-refractivity contribution is 5.82. The molecule has 1 aromatic heterocycles. The fourth-order valence-electron chi connectivity index (χ4n) is 3.17. The molecule has 1 unspecified atom stereocenters. The second-order valence-corrected chi connectivity index (χ2v) is 5.90. The van der Waals surface area contributed by atoms with E-state index in [1.165, 1.54) is 0 Å². The van der Waals surface area contributed by atoms with Crippen LogP contribution in [0.1, 0.15) is 26.7 Å². The summed E-state index contributed by atoms with van der Waals surface area (Å²) < 4.78 is 1.81. The first-order valence-corrected chi connectivity index (χ1v) is 7.37. The van der Waals surface area contributed by atoms with E-state index in [0.29, 0.717) is 18.5 Å². The van der Waals surface area contributed by atoms with Crippen molar-refractivity contribution in [3.63, 3.8) is 0 Å². The highest BCUT2D eigenvalue weighted by Gasteiger charge is 2.30. The second-order valence-electron chi connectivity index (χ2n) is 5.90. The van der Waals surface area contributed by atoms with E-state index in [2.05, 4.69) is 18.9 Å². The molecule has 0 bridgehead atoms. The number of benzene rings is 1. The Kier molecular flexibility index (Phi) is 3.47. The van der Waals surface area contributed by atoms with Crippen LogP contribution in [0.5, 0.6) is 0 Å². The molecule has 0 saturated carbocycles. The first-order valence-electron chi connectivity index (χ1n) is 7.37. The predicted molar refractivity (Wildman–Crippen MR) is 79.3 cm³/mol. The van der Waals surface area contributed by atoms with Gasteiger partial charge in [-0.25, -0.2) is 0 Å². The van der Waals surface area contributed by atoms with E-state index in [9.17, 15) is 4.79 Å². The molecule has 4 nitrogen and oxygen atoms in total. The average molecular weight is 271 g/mol. The maximum Gasteiger partial charge on any atom is 0.244 e.